The van der Waals surface area contributed by atoms with E-state index in [1.165, 1.54) is 0 Å². The average Bonchev–Trinajstić information content (AvgIpc) is 2.30. The van der Waals surface area contributed by atoms with Crippen LogP contribution in [0.1, 0.15) is 13.3 Å². The highest BCUT2D eigenvalue weighted by atomic mass is 16.5. The minimum absolute atomic E-state index is 0.144. The van der Waals surface area contributed by atoms with E-state index < -0.39 is 5.97 Å². The summed E-state index contributed by atoms with van der Waals surface area (Å²) in [4.78, 5) is 12.5. The van der Waals surface area contributed by atoms with Crippen molar-refractivity contribution in [3.63, 3.8) is 0 Å². The van der Waals surface area contributed by atoms with Gasteiger partial charge in [-0.3, -0.25) is 4.79 Å². The van der Waals surface area contributed by atoms with E-state index >= 15 is 0 Å². The molecule has 1 rings (SSSR count). The number of aliphatic carboxylic acids is 1. The van der Waals surface area contributed by atoms with Gasteiger partial charge in [0.15, 0.2) is 0 Å². The number of benzene rings is 1. The number of methoxy groups -OCH3 is 1. The average molecular weight is 223 g/mol. The van der Waals surface area contributed by atoms with E-state index in [2.05, 4.69) is 0 Å². The van der Waals surface area contributed by atoms with E-state index in [0.29, 0.717) is 6.54 Å². The lowest BCUT2D eigenvalue weighted by molar-refractivity contribution is -0.136. The van der Waals surface area contributed by atoms with Crippen molar-refractivity contribution in [2.75, 3.05) is 25.1 Å². The van der Waals surface area contributed by atoms with E-state index in [4.69, 9.17) is 9.84 Å². The van der Waals surface area contributed by atoms with Crippen LogP contribution < -0.4 is 9.64 Å². The highest BCUT2D eigenvalue weighted by Gasteiger charge is 2.07. The van der Waals surface area contributed by atoms with Gasteiger partial charge in [-0.25, -0.2) is 0 Å². The second kappa shape index (κ2) is 6.00. The predicted octanol–water partition coefficient (Wildman–Crippen LogP) is 2.00. The molecule has 0 fully saturated rings. The zero-order valence-corrected chi connectivity index (χ0v) is 9.64. The second-order valence-corrected chi connectivity index (χ2v) is 3.42. The van der Waals surface area contributed by atoms with Gasteiger partial charge < -0.3 is 14.7 Å². The quantitative estimate of drug-likeness (QED) is 0.801. The van der Waals surface area contributed by atoms with Crippen molar-refractivity contribution in [2.45, 2.75) is 13.3 Å². The van der Waals surface area contributed by atoms with Crippen molar-refractivity contribution in [2.24, 2.45) is 0 Å². The van der Waals surface area contributed by atoms with E-state index in [1.807, 2.05) is 36.1 Å². The van der Waals surface area contributed by atoms with Crippen molar-refractivity contribution in [1.82, 2.24) is 0 Å². The number of rotatable bonds is 6. The number of carboxylic acid groups (broad SMARTS) is 1. The zero-order valence-electron chi connectivity index (χ0n) is 9.64. The van der Waals surface area contributed by atoms with Gasteiger partial charge in [0, 0.05) is 24.8 Å². The Bertz CT molecular complexity index is 352. The second-order valence-electron chi connectivity index (χ2n) is 3.42. The molecule has 1 aromatic carbocycles. The highest BCUT2D eigenvalue weighted by molar-refractivity contribution is 5.67. The van der Waals surface area contributed by atoms with Gasteiger partial charge in [0.05, 0.1) is 13.5 Å². The Balaban J connectivity index is 2.73. The molecule has 0 atom stereocenters. The summed E-state index contributed by atoms with van der Waals surface area (Å²) < 4.78 is 5.13. The van der Waals surface area contributed by atoms with Crippen LogP contribution in [0.5, 0.6) is 5.75 Å². The van der Waals surface area contributed by atoms with Gasteiger partial charge in [-0.15, -0.1) is 0 Å². The van der Waals surface area contributed by atoms with Crippen LogP contribution in [0, 0.1) is 0 Å². The molecule has 0 bridgehead atoms. The molecular formula is C12H17NO3. The lowest BCUT2D eigenvalue weighted by Gasteiger charge is -2.22. The third kappa shape index (κ3) is 3.46. The van der Waals surface area contributed by atoms with Gasteiger partial charge in [0.2, 0.25) is 0 Å². The number of nitrogens with zero attached hydrogens (tertiary/aromatic N) is 1. The first-order valence-electron chi connectivity index (χ1n) is 5.28. The fourth-order valence-electron chi connectivity index (χ4n) is 1.51. The summed E-state index contributed by atoms with van der Waals surface area (Å²) in [6.45, 7) is 3.29. The highest BCUT2D eigenvalue weighted by Crippen LogP contribution is 2.20. The van der Waals surface area contributed by atoms with Crippen LogP contribution >= 0.6 is 0 Å². The van der Waals surface area contributed by atoms with Gasteiger partial charge in [0.25, 0.3) is 0 Å². The molecule has 4 nitrogen and oxygen atoms in total. The Hall–Kier alpha value is -1.71. The minimum atomic E-state index is -0.777. The van der Waals surface area contributed by atoms with Crippen molar-refractivity contribution < 1.29 is 14.6 Å². The molecular weight excluding hydrogens is 206 g/mol. The zero-order chi connectivity index (χ0) is 12.0. The molecule has 0 spiro atoms. The molecule has 0 aliphatic heterocycles. The third-order valence-corrected chi connectivity index (χ3v) is 2.40. The number of hydrogen-bond donors (Lipinski definition) is 1. The van der Waals surface area contributed by atoms with Crippen LogP contribution in [0.3, 0.4) is 0 Å². The number of hydrogen-bond acceptors (Lipinski definition) is 3. The van der Waals surface area contributed by atoms with E-state index in [-0.39, 0.29) is 6.42 Å². The summed E-state index contributed by atoms with van der Waals surface area (Å²) in [7, 11) is 1.62. The fourth-order valence-corrected chi connectivity index (χ4v) is 1.51. The van der Waals surface area contributed by atoms with Crippen LogP contribution in [0.15, 0.2) is 24.3 Å². The summed E-state index contributed by atoms with van der Waals surface area (Å²) in [5.41, 5.74) is 0.989. The standard InChI is InChI=1S/C12H17NO3/c1-3-13(8-7-12(14)15)10-5-4-6-11(9-10)16-2/h4-6,9H,3,7-8H2,1-2H3,(H,14,15). The van der Waals surface area contributed by atoms with Crippen molar-refractivity contribution in [1.29, 1.82) is 0 Å². The molecule has 0 saturated heterocycles. The number of carboxylic acids is 1. The van der Waals surface area contributed by atoms with Crippen LogP contribution in [0.25, 0.3) is 0 Å². The van der Waals surface area contributed by atoms with Gasteiger partial charge in [0.1, 0.15) is 5.75 Å². The van der Waals surface area contributed by atoms with Crippen LogP contribution in [-0.2, 0) is 4.79 Å². The predicted molar refractivity (Wildman–Crippen MR) is 63.1 cm³/mol. The topological polar surface area (TPSA) is 49.8 Å². The molecule has 88 valence electrons. The number of carbonyl (C=O) groups is 1. The first-order chi connectivity index (χ1) is 7.67. The van der Waals surface area contributed by atoms with Crippen LogP contribution in [0.4, 0.5) is 5.69 Å². The summed E-state index contributed by atoms with van der Waals surface area (Å²) in [6.07, 6.45) is 0.144. The molecule has 1 N–H and O–H groups in total. The molecule has 0 radical (unpaired) electrons. The van der Waals surface area contributed by atoms with E-state index in [9.17, 15) is 4.79 Å². The smallest absolute Gasteiger partial charge is 0.305 e. The largest absolute Gasteiger partial charge is 0.497 e. The Kier molecular flexibility index (Phi) is 4.64. The maximum atomic E-state index is 10.5. The molecule has 1 aromatic rings. The molecule has 0 saturated carbocycles. The summed E-state index contributed by atoms with van der Waals surface area (Å²) in [5.74, 6) is 0.00706. The third-order valence-electron chi connectivity index (χ3n) is 2.40. The molecule has 16 heavy (non-hydrogen) atoms. The fraction of sp³-hybridized carbons (Fsp3) is 0.417. The maximum absolute atomic E-state index is 10.5. The first-order valence-corrected chi connectivity index (χ1v) is 5.28. The molecule has 0 aliphatic rings. The van der Waals surface area contributed by atoms with Crippen LogP contribution in [-0.4, -0.2) is 31.3 Å². The Morgan fingerprint density at radius 1 is 1.50 bits per heavy atom. The Morgan fingerprint density at radius 3 is 2.81 bits per heavy atom. The summed E-state index contributed by atoms with van der Waals surface area (Å²) in [6, 6.07) is 7.63. The monoisotopic (exact) mass is 223 g/mol. The van der Waals surface area contributed by atoms with Crippen molar-refractivity contribution >= 4 is 11.7 Å². The number of anilines is 1. The van der Waals surface area contributed by atoms with Gasteiger partial charge in [-0.05, 0) is 19.1 Å². The lowest BCUT2D eigenvalue weighted by Crippen LogP contribution is -2.25. The normalized spacial score (nSPS) is 9.88. The van der Waals surface area contributed by atoms with Gasteiger partial charge in [-0.1, -0.05) is 6.07 Å². The molecule has 0 amide bonds. The lowest BCUT2D eigenvalue weighted by atomic mass is 10.2. The number of ether oxygens (including phenoxy) is 1. The SMILES string of the molecule is CCN(CCC(=O)O)c1cccc(OC)c1. The van der Waals surface area contributed by atoms with Gasteiger partial charge in [-0.2, -0.15) is 0 Å². The molecule has 0 aromatic heterocycles. The Labute approximate surface area is 95.5 Å². The van der Waals surface area contributed by atoms with Crippen molar-refractivity contribution in [3.05, 3.63) is 24.3 Å². The van der Waals surface area contributed by atoms with E-state index in [0.717, 1.165) is 18.0 Å². The molecule has 4 heteroatoms. The molecule has 0 aliphatic carbocycles. The van der Waals surface area contributed by atoms with Gasteiger partial charge >= 0.3 is 5.97 Å². The van der Waals surface area contributed by atoms with Crippen LogP contribution in [0.2, 0.25) is 0 Å². The molecule has 0 unspecified atom stereocenters. The molecule has 0 heterocycles. The first kappa shape index (κ1) is 12.4. The summed E-state index contributed by atoms with van der Waals surface area (Å²) >= 11 is 0. The minimum Gasteiger partial charge on any atom is -0.497 e. The van der Waals surface area contributed by atoms with Crippen molar-refractivity contribution in [3.8, 4) is 5.75 Å². The Morgan fingerprint density at radius 2 is 2.25 bits per heavy atom. The van der Waals surface area contributed by atoms with E-state index in [1.54, 1.807) is 7.11 Å². The maximum Gasteiger partial charge on any atom is 0.305 e. The summed E-state index contributed by atoms with van der Waals surface area (Å²) in [5, 5.41) is 8.65.